The van der Waals surface area contributed by atoms with Crippen LogP contribution in [0.1, 0.15) is 47.3 Å². The minimum atomic E-state index is -0.270. The lowest BCUT2D eigenvalue weighted by atomic mass is 10.0. The van der Waals surface area contributed by atoms with Gasteiger partial charge in [-0.15, -0.1) is 0 Å². The number of pyridine rings is 1. The van der Waals surface area contributed by atoms with Crippen LogP contribution in [0.2, 0.25) is 0 Å². The number of carbonyl (C=O) groups excluding carboxylic acids is 1. The van der Waals surface area contributed by atoms with Crippen molar-refractivity contribution in [1.82, 2.24) is 15.3 Å². The van der Waals surface area contributed by atoms with Gasteiger partial charge in [-0.2, -0.15) is 0 Å². The first-order chi connectivity index (χ1) is 16.1. The molecule has 170 valence electrons. The molecule has 1 saturated carbocycles. The number of ether oxygens (including phenoxy) is 2. The minimum Gasteiger partial charge on any atom is -0.489 e. The van der Waals surface area contributed by atoms with Crippen molar-refractivity contribution < 1.29 is 18.7 Å². The molecule has 4 heterocycles. The van der Waals surface area contributed by atoms with Crippen LogP contribution in [0.5, 0.6) is 5.75 Å². The summed E-state index contributed by atoms with van der Waals surface area (Å²) in [5.41, 5.74) is 4.88. The molecule has 0 spiro atoms. The molecule has 3 aliphatic rings. The highest BCUT2D eigenvalue weighted by atomic mass is 19.1. The molecule has 0 bridgehead atoms. The van der Waals surface area contributed by atoms with E-state index in [2.05, 4.69) is 20.6 Å². The summed E-state index contributed by atoms with van der Waals surface area (Å²) in [6.45, 7) is 3.11. The van der Waals surface area contributed by atoms with Crippen LogP contribution in [-0.4, -0.2) is 41.2 Å². The number of nitrogens with one attached hydrogen (secondary N) is 3. The maximum Gasteiger partial charge on any atom is 0.255 e. The Kier molecular flexibility index (Phi) is 4.83. The molecular formula is C25H25FN4O3. The monoisotopic (exact) mass is 448 g/mol. The van der Waals surface area contributed by atoms with Crippen LogP contribution in [0.25, 0.3) is 11.3 Å². The summed E-state index contributed by atoms with van der Waals surface area (Å²) in [5.74, 6) is 0.480. The van der Waals surface area contributed by atoms with Crippen molar-refractivity contribution in [2.24, 2.45) is 0 Å². The molecule has 1 aliphatic carbocycles. The molecule has 3 atom stereocenters. The van der Waals surface area contributed by atoms with E-state index >= 15 is 0 Å². The molecule has 3 N–H and O–H groups in total. The Balaban J connectivity index is 1.46. The number of aromatic nitrogens is 2. The van der Waals surface area contributed by atoms with E-state index in [-0.39, 0.29) is 29.8 Å². The number of carbonyl (C=O) groups is 1. The van der Waals surface area contributed by atoms with Crippen molar-refractivity contribution in [1.29, 1.82) is 0 Å². The Morgan fingerprint density at radius 3 is 3.00 bits per heavy atom. The van der Waals surface area contributed by atoms with Crippen LogP contribution in [0, 0.1) is 5.82 Å². The van der Waals surface area contributed by atoms with Crippen LogP contribution in [0.15, 0.2) is 36.7 Å². The molecule has 7 nitrogen and oxygen atoms in total. The van der Waals surface area contributed by atoms with Gasteiger partial charge in [-0.3, -0.25) is 9.78 Å². The smallest absolute Gasteiger partial charge is 0.255 e. The van der Waals surface area contributed by atoms with Crippen molar-refractivity contribution in [3.05, 3.63) is 59.3 Å². The largest absolute Gasteiger partial charge is 0.489 e. The second-order valence-electron chi connectivity index (χ2n) is 8.79. The molecule has 2 aromatic heterocycles. The lowest BCUT2D eigenvalue weighted by Gasteiger charge is -2.26. The van der Waals surface area contributed by atoms with Gasteiger partial charge in [-0.25, -0.2) is 4.39 Å². The minimum absolute atomic E-state index is 0.0879. The third-order valence-corrected chi connectivity index (χ3v) is 6.74. The number of nitrogens with zero attached hydrogens (tertiary/aromatic N) is 1. The topological polar surface area (TPSA) is 88.3 Å². The molecule has 3 aromatic rings. The predicted molar refractivity (Wildman–Crippen MR) is 122 cm³/mol. The lowest BCUT2D eigenvalue weighted by molar-refractivity contribution is -0.0720. The molecule has 1 saturated heterocycles. The summed E-state index contributed by atoms with van der Waals surface area (Å²) in [6.07, 6.45) is 5.88. The lowest BCUT2D eigenvalue weighted by Crippen LogP contribution is -2.32. The number of hydrogen-bond acceptors (Lipinski definition) is 5. The highest BCUT2D eigenvalue weighted by Crippen LogP contribution is 2.50. The maximum atomic E-state index is 14.5. The SMILES string of the molecule is CCc1c(F)cccc1Nc1c(-c2ccncc2OCC2CCO2)[nH]c2c1C(=O)NC1CC21. The van der Waals surface area contributed by atoms with E-state index in [0.717, 1.165) is 36.4 Å². The number of fused-ring (bicyclic) bond motifs is 3. The van der Waals surface area contributed by atoms with E-state index in [0.29, 0.717) is 41.3 Å². The number of H-pyrrole nitrogens is 1. The van der Waals surface area contributed by atoms with E-state index in [9.17, 15) is 9.18 Å². The second kappa shape index (κ2) is 7.88. The standard InChI is InChI=1S/C25H25FN4O3/c1-2-14-17(26)4-3-5-18(14)28-24-21-22(16-10-19(16)29-25(21)31)30-23(24)15-6-8-27-11-20(15)33-12-13-7-9-32-13/h3-6,8,11,13,16,19,28,30H,2,7,9-10,12H2,1H3,(H,29,31). The van der Waals surface area contributed by atoms with Crippen LogP contribution in [0.3, 0.4) is 0 Å². The Morgan fingerprint density at radius 1 is 1.33 bits per heavy atom. The summed E-state index contributed by atoms with van der Waals surface area (Å²) < 4.78 is 26.0. The fourth-order valence-electron chi connectivity index (χ4n) is 4.74. The summed E-state index contributed by atoms with van der Waals surface area (Å²) in [7, 11) is 0. The van der Waals surface area contributed by atoms with E-state index in [1.165, 1.54) is 6.07 Å². The van der Waals surface area contributed by atoms with E-state index in [4.69, 9.17) is 9.47 Å². The first-order valence-electron chi connectivity index (χ1n) is 11.4. The number of benzene rings is 1. The van der Waals surface area contributed by atoms with Gasteiger partial charge in [0, 0.05) is 53.7 Å². The Hall–Kier alpha value is -3.39. The first kappa shape index (κ1) is 20.2. The Labute approximate surface area is 190 Å². The molecule has 1 amide bonds. The number of rotatable bonds is 7. The normalized spacial score (nSPS) is 22.6. The third kappa shape index (κ3) is 3.45. The van der Waals surface area contributed by atoms with Gasteiger partial charge in [0.2, 0.25) is 0 Å². The number of amides is 1. The summed E-state index contributed by atoms with van der Waals surface area (Å²) in [4.78, 5) is 20.8. The Morgan fingerprint density at radius 2 is 2.21 bits per heavy atom. The van der Waals surface area contributed by atoms with Crippen molar-refractivity contribution in [2.75, 3.05) is 18.5 Å². The molecule has 0 radical (unpaired) electrons. The average Bonchev–Trinajstić information content (AvgIpc) is 3.45. The summed E-state index contributed by atoms with van der Waals surface area (Å²) in [5, 5.41) is 6.47. The van der Waals surface area contributed by atoms with Crippen LogP contribution in [-0.2, 0) is 11.2 Å². The van der Waals surface area contributed by atoms with Gasteiger partial charge >= 0.3 is 0 Å². The molecule has 2 aliphatic heterocycles. The zero-order chi connectivity index (χ0) is 22.5. The van der Waals surface area contributed by atoms with Crippen molar-refractivity contribution in [3.8, 4) is 17.0 Å². The fraction of sp³-hybridized carbons (Fsp3) is 0.360. The van der Waals surface area contributed by atoms with Crippen molar-refractivity contribution >= 4 is 17.3 Å². The molecule has 1 aromatic carbocycles. The second-order valence-corrected chi connectivity index (χ2v) is 8.79. The Bertz CT molecular complexity index is 1240. The molecule has 2 fully saturated rings. The zero-order valence-corrected chi connectivity index (χ0v) is 18.3. The molecule has 33 heavy (non-hydrogen) atoms. The summed E-state index contributed by atoms with van der Waals surface area (Å²) in [6, 6.07) is 7.01. The van der Waals surface area contributed by atoms with Crippen LogP contribution >= 0.6 is 0 Å². The van der Waals surface area contributed by atoms with Crippen LogP contribution < -0.4 is 15.4 Å². The molecule has 6 rings (SSSR count). The molecule has 3 unspecified atom stereocenters. The zero-order valence-electron chi connectivity index (χ0n) is 18.3. The maximum absolute atomic E-state index is 14.5. The van der Waals surface area contributed by atoms with E-state index in [1.807, 2.05) is 19.1 Å². The van der Waals surface area contributed by atoms with Crippen LogP contribution in [0.4, 0.5) is 15.8 Å². The van der Waals surface area contributed by atoms with E-state index < -0.39 is 0 Å². The molecule has 8 heteroatoms. The average molecular weight is 448 g/mol. The van der Waals surface area contributed by atoms with Gasteiger partial charge in [0.15, 0.2) is 0 Å². The first-order valence-corrected chi connectivity index (χ1v) is 11.4. The number of halogens is 1. The summed E-state index contributed by atoms with van der Waals surface area (Å²) >= 11 is 0. The number of aromatic amines is 1. The third-order valence-electron chi connectivity index (χ3n) is 6.74. The van der Waals surface area contributed by atoms with Crippen molar-refractivity contribution in [2.45, 2.75) is 44.2 Å². The quantitative estimate of drug-likeness (QED) is 0.502. The highest BCUT2D eigenvalue weighted by Gasteiger charge is 2.48. The van der Waals surface area contributed by atoms with Gasteiger partial charge in [0.05, 0.1) is 29.2 Å². The van der Waals surface area contributed by atoms with E-state index in [1.54, 1.807) is 18.5 Å². The van der Waals surface area contributed by atoms with Crippen molar-refractivity contribution in [3.63, 3.8) is 0 Å². The number of hydrogen-bond donors (Lipinski definition) is 3. The van der Waals surface area contributed by atoms with Gasteiger partial charge in [-0.05, 0) is 31.0 Å². The predicted octanol–water partition coefficient (Wildman–Crippen LogP) is 4.29. The van der Waals surface area contributed by atoms with Gasteiger partial charge in [-0.1, -0.05) is 13.0 Å². The molecular weight excluding hydrogens is 423 g/mol. The van der Waals surface area contributed by atoms with Gasteiger partial charge < -0.3 is 25.1 Å². The van der Waals surface area contributed by atoms with Gasteiger partial charge in [0.25, 0.3) is 5.91 Å². The number of anilines is 2. The van der Waals surface area contributed by atoms with Gasteiger partial charge in [0.1, 0.15) is 18.2 Å². The fourth-order valence-corrected chi connectivity index (χ4v) is 4.74. The highest BCUT2D eigenvalue weighted by molar-refractivity contribution is 6.07.